The fourth-order valence-electron chi connectivity index (χ4n) is 2.31. The number of carbonyl (C=O) groups excluding carboxylic acids is 1. The van der Waals surface area contributed by atoms with Crippen molar-refractivity contribution in [2.75, 3.05) is 23.3 Å². The molecule has 1 N–H and O–H groups in total. The molecule has 2 aromatic rings. The summed E-state index contributed by atoms with van der Waals surface area (Å²) >= 11 is 3.54. The third-order valence-corrected chi connectivity index (χ3v) is 4.12. The third-order valence-electron chi connectivity index (χ3n) is 3.46. The summed E-state index contributed by atoms with van der Waals surface area (Å²) in [5.74, 6) is 0.129. The van der Waals surface area contributed by atoms with Crippen LogP contribution in [0.25, 0.3) is 0 Å². The molecule has 0 heterocycles. The van der Waals surface area contributed by atoms with Crippen LogP contribution < -0.4 is 10.2 Å². The smallest absolute Gasteiger partial charge is 0.228 e. The number of halogens is 1. The Morgan fingerprint density at radius 3 is 2.55 bits per heavy atom. The van der Waals surface area contributed by atoms with Crippen molar-refractivity contribution in [2.45, 2.75) is 20.3 Å². The van der Waals surface area contributed by atoms with Crippen LogP contribution in [0.4, 0.5) is 11.4 Å². The molecule has 0 saturated carbocycles. The van der Waals surface area contributed by atoms with Gasteiger partial charge in [0.2, 0.25) is 5.91 Å². The molecule has 0 radical (unpaired) electrons. The molecule has 0 aliphatic carbocycles. The molecule has 2 aromatic carbocycles. The molecule has 0 bridgehead atoms. The predicted molar refractivity (Wildman–Crippen MR) is 96.5 cm³/mol. The molecular weight excluding hydrogens is 340 g/mol. The van der Waals surface area contributed by atoms with E-state index in [1.54, 1.807) is 0 Å². The number of benzene rings is 2. The number of nitrogens with zero attached hydrogens (tertiary/aromatic N) is 1. The van der Waals surface area contributed by atoms with Crippen LogP contribution in [-0.2, 0) is 4.79 Å². The molecule has 3 nitrogen and oxygen atoms in total. The molecule has 0 atom stereocenters. The second-order valence-electron chi connectivity index (χ2n) is 5.13. The van der Waals surface area contributed by atoms with Crippen LogP contribution in [0.3, 0.4) is 0 Å². The Labute approximate surface area is 140 Å². The standard InChI is InChI=1S/C18H21BrN2O/c1-3-21(15-7-5-4-6-8-15)18(22)11-12-20-17-10-9-14(2)13-16(17)19/h4-10,13,20H,3,11-12H2,1-2H3. The summed E-state index contributed by atoms with van der Waals surface area (Å²) in [5.41, 5.74) is 3.17. The maximum atomic E-state index is 12.4. The summed E-state index contributed by atoms with van der Waals surface area (Å²) in [5, 5.41) is 3.31. The van der Waals surface area contributed by atoms with Crippen molar-refractivity contribution in [1.82, 2.24) is 0 Å². The van der Waals surface area contributed by atoms with Crippen LogP contribution in [-0.4, -0.2) is 19.0 Å². The van der Waals surface area contributed by atoms with Crippen LogP contribution in [0.15, 0.2) is 53.0 Å². The highest BCUT2D eigenvalue weighted by Crippen LogP contribution is 2.23. The van der Waals surface area contributed by atoms with Crippen molar-refractivity contribution in [2.24, 2.45) is 0 Å². The van der Waals surface area contributed by atoms with Crippen molar-refractivity contribution in [3.8, 4) is 0 Å². The monoisotopic (exact) mass is 360 g/mol. The normalized spacial score (nSPS) is 10.3. The Balaban J connectivity index is 1.92. The van der Waals surface area contributed by atoms with E-state index in [-0.39, 0.29) is 5.91 Å². The van der Waals surface area contributed by atoms with Crippen molar-refractivity contribution in [3.05, 3.63) is 58.6 Å². The van der Waals surface area contributed by atoms with Gasteiger partial charge in [-0.05, 0) is 59.6 Å². The Kier molecular flexibility index (Phi) is 6.01. The minimum Gasteiger partial charge on any atom is -0.384 e. The first kappa shape index (κ1) is 16.6. The molecule has 22 heavy (non-hydrogen) atoms. The highest BCUT2D eigenvalue weighted by molar-refractivity contribution is 9.10. The summed E-state index contributed by atoms with van der Waals surface area (Å²) in [6, 6.07) is 15.9. The average molecular weight is 361 g/mol. The van der Waals surface area contributed by atoms with Crippen molar-refractivity contribution in [3.63, 3.8) is 0 Å². The third kappa shape index (κ3) is 4.34. The Morgan fingerprint density at radius 1 is 1.18 bits per heavy atom. The van der Waals surface area contributed by atoms with Gasteiger partial charge in [0.1, 0.15) is 0 Å². The van der Waals surface area contributed by atoms with Gasteiger partial charge in [-0.1, -0.05) is 24.3 Å². The van der Waals surface area contributed by atoms with Gasteiger partial charge in [0, 0.05) is 35.4 Å². The van der Waals surface area contributed by atoms with E-state index >= 15 is 0 Å². The van der Waals surface area contributed by atoms with Crippen LogP contribution >= 0.6 is 15.9 Å². The number of amides is 1. The Hall–Kier alpha value is -1.81. The first-order valence-corrected chi connectivity index (χ1v) is 8.26. The van der Waals surface area contributed by atoms with Gasteiger partial charge >= 0.3 is 0 Å². The fourth-order valence-corrected chi connectivity index (χ4v) is 2.95. The minimum atomic E-state index is 0.129. The first-order chi connectivity index (χ1) is 10.6. The molecule has 2 rings (SSSR count). The van der Waals surface area contributed by atoms with Crippen LogP contribution in [0.5, 0.6) is 0 Å². The summed E-state index contributed by atoms with van der Waals surface area (Å²) in [7, 11) is 0. The minimum absolute atomic E-state index is 0.129. The van der Waals surface area contributed by atoms with Crippen LogP contribution in [0.2, 0.25) is 0 Å². The van der Waals surface area contributed by atoms with Crippen molar-refractivity contribution in [1.29, 1.82) is 0 Å². The van der Waals surface area contributed by atoms with E-state index in [4.69, 9.17) is 0 Å². The van der Waals surface area contributed by atoms with Crippen LogP contribution in [0, 0.1) is 6.92 Å². The molecule has 0 aliphatic rings. The molecule has 4 heteroatoms. The number of anilines is 2. The maximum Gasteiger partial charge on any atom is 0.228 e. The molecule has 0 aliphatic heterocycles. The Bertz CT molecular complexity index is 628. The van der Waals surface area contributed by atoms with E-state index in [0.29, 0.717) is 19.5 Å². The first-order valence-electron chi connectivity index (χ1n) is 7.47. The highest BCUT2D eigenvalue weighted by Gasteiger charge is 2.13. The van der Waals surface area contributed by atoms with Gasteiger partial charge in [0.25, 0.3) is 0 Å². The number of hydrogen-bond acceptors (Lipinski definition) is 2. The van der Waals surface area contributed by atoms with Crippen LogP contribution in [0.1, 0.15) is 18.9 Å². The van der Waals surface area contributed by atoms with E-state index in [1.807, 2.05) is 48.2 Å². The fraction of sp³-hybridized carbons (Fsp3) is 0.278. The second kappa shape index (κ2) is 7.99. The van der Waals surface area contributed by atoms with Gasteiger partial charge in [0.05, 0.1) is 0 Å². The van der Waals surface area contributed by atoms with Gasteiger partial charge in [-0.2, -0.15) is 0 Å². The number of hydrogen-bond donors (Lipinski definition) is 1. The molecule has 0 saturated heterocycles. The molecule has 1 amide bonds. The molecular formula is C18H21BrN2O. The Morgan fingerprint density at radius 2 is 1.91 bits per heavy atom. The van der Waals surface area contributed by atoms with Crippen molar-refractivity contribution < 1.29 is 4.79 Å². The predicted octanol–water partition coefficient (Wildman–Crippen LogP) is 4.61. The van der Waals surface area contributed by atoms with E-state index in [0.717, 1.165) is 15.8 Å². The van der Waals surface area contributed by atoms with E-state index in [9.17, 15) is 4.79 Å². The zero-order chi connectivity index (χ0) is 15.9. The second-order valence-corrected chi connectivity index (χ2v) is 5.99. The summed E-state index contributed by atoms with van der Waals surface area (Å²) in [6.07, 6.45) is 0.461. The summed E-state index contributed by atoms with van der Waals surface area (Å²) < 4.78 is 1.02. The SMILES string of the molecule is CCN(C(=O)CCNc1ccc(C)cc1Br)c1ccccc1. The average Bonchev–Trinajstić information content (AvgIpc) is 2.51. The quantitative estimate of drug-likeness (QED) is 0.815. The van der Waals surface area contributed by atoms with Gasteiger partial charge in [0.15, 0.2) is 0 Å². The van der Waals surface area contributed by atoms with Gasteiger partial charge in [-0.15, -0.1) is 0 Å². The molecule has 0 aromatic heterocycles. The lowest BCUT2D eigenvalue weighted by atomic mass is 10.2. The topological polar surface area (TPSA) is 32.3 Å². The number of rotatable bonds is 6. The zero-order valence-electron chi connectivity index (χ0n) is 13.0. The number of aryl methyl sites for hydroxylation is 1. The molecule has 0 unspecified atom stereocenters. The summed E-state index contributed by atoms with van der Waals surface area (Å²) in [6.45, 7) is 5.34. The molecule has 116 valence electrons. The number of carbonyl (C=O) groups is 1. The largest absolute Gasteiger partial charge is 0.384 e. The summed E-state index contributed by atoms with van der Waals surface area (Å²) in [4.78, 5) is 14.2. The van der Waals surface area contributed by atoms with Gasteiger partial charge < -0.3 is 10.2 Å². The number of para-hydroxylation sites is 1. The maximum absolute atomic E-state index is 12.4. The molecule has 0 fully saturated rings. The highest BCUT2D eigenvalue weighted by atomic mass is 79.9. The van der Waals surface area contributed by atoms with Gasteiger partial charge in [-0.3, -0.25) is 4.79 Å². The lowest BCUT2D eigenvalue weighted by Crippen LogP contribution is -2.31. The number of nitrogens with one attached hydrogen (secondary N) is 1. The van der Waals surface area contributed by atoms with E-state index in [1.165, 1.54) is 5.56 Å². The van der Waals surface area contributed by atoms with Crippen molar-refractivity contribution >= 4 is 33.2 Å². The van der Waals surface area contributed by atoms with E-state index < -0.39 is 0 Å². The van der Waals surface area contributed by atoms with E-state index in [2.05, 4.69) is 40.3 Å². The lowest BCUT2D eigenvalue weighted by molar-refractivity contribution is -0.118. The zero-order valence-corrected chi connectivity index (χ0v) is 14.6. The van der Waals surface area contributed by atoms with Gasteiger partial charge in [-0.25, -0.2) is 0 Å². The molecule has 0 spiro atoms. The lowest BCUT2D eigenvalue weighted by Gasteiger charge is -2.21.